The molecule has 1 aromatic carbocycles. The highest BCUT2D eigenvalue weighted by molar-refractivity contribution is 8.00. The van der Waals surface area contributed by atoms with Crippen molar-refractivity contribution in [2.45, 2.75) is 24.0 Å². The van der Waals surface area contributed by atoms with Gasteiger partial charge in [0.25, 0.3) is 5.91 Å². The molecule has 0 heterocycles. The van der Waals surface area contributed by atoms with E-state index in [2.05, 4.69) is 11.6 Å². The number of amides is 1. The number of anilines is 1. The first kappa shape index (κ1) is 14.1. The van der Waals surface area contributed by atoms with Crippen molar-refractivity contribution in [3.05, 3.63) is 24.3 Å². The number of rotatable bonds is 6. The highest BCUT2D eigenvalue weighted by atomic mass is 32.2. The number of benzene rings is 1. The molecule has 5 heteroatoms. The maximum absolute atomic E-state index is 11.7. The van der Waals surface area contributed by atoms with Crippen molar-refractivity contribution in [3.63, 3.8) is 0 Å². The summed E-state index contributed by atoms with van der Waals surface area (Å²) in [7, 11) is 0. The lowest BCUT2D eigenvalue weighted by Gasteiger charge is -2.40. The van der Waals surface area contributed by atoms with Gasteiger partial charge in [0, 0.05) is 11.3 Å². The Morgan fingerprint density at radius 1 is 1.47 bits per heavy atom. The summed E-state index contributed by atoms with van der Waals surface area (Å²) in [6, 6.07) is 7.18. The molecule has 0 spiro atoms. The predicted molar refractivity (Wildman–Crippen MR) is 79.5 cm³/mol. The first-order chi connectivity index (χ1) is 9.15. The van der Waals surface area contributed by atoms with Gasteiger partial charge in [0.15, 0.2) is 6.61 Å². The van der Waals surface area contributed by atoms with Gasteiger partial charge in [-0.1, -0.05) is 18.6 Å². The van der Waals surface area contributed by atoms with Crippen LogP contribution < -0.4 is 15.8 Å². The maximum Gasteiger partial charge on any atom is 0.257 e. The molecular formula is C14H20N2O2S. The molecule has 0 unspecified atom stereocenters. The SMILES string of the molecule is CSC1(CNC(=O)COc2ccccc2N)CCC1. The Bertz CT molecular complexity index is 441. The van der Waals surface area contributed by atoms with Crippen LogP contribution >= 0.6 is 11.8 Å². The van der Waals surface area contributed by atoms with E-state index >= 15 is 0 Å². The maximum atomic E-state index is 11.7. The van der Waals surface area contributed by atoms with Crippen LogP contribution in [0.25, 0.3) is 0 Å². The normalized spacial score (nSPS) is 16.5. The Kier molecular flexibility index (Phi) is 4.58. The quantitative estimate of drug-likeness (QED) is 0.783. The Morgan fingerprint density at radius 3 is 2.79 bits per heavy atom. The molecule has 1 saturated carbocycles. The monoisotopic (exact) mass is 280 g/mol. The van der Waals surface area contributed by atoms with Crippen molar-refractivity contribution in [2.24, 2.45) is 0 Å². The van der Waals surface area contributed by atoms with E-state index in [1.807, 2.05) is 23.9 Å². The van der Waals surface area contributed by atoms with Gasteiger partial charge in [-0.05, 0) is 31.2 Å². The van der Waals surface area contributed by atoms with E-state index in [1.54, 1.807) is 12.1 Å². The molecule has 19 heavy (non-hydrogen) atoms. The van der Waals surface area contributed by atoms with Crippen molar-refractivity contribution in [1.82, 2.24) is 5.32 Å². The minimum Gasteiger partial charge on any atom is -0.482 e. The zero-order valence-corrected chi connectivity index (χ0v) is 12.0. The average Bonchev–Trinajstić information content (AvgIpc) is 2.37. The van der Waals surface area contributed by atoms with E-state index < -0.39 is 0 Å². The van der Waals surface area contributed by atoms with E-state index in [1.165, 1.54) is 19.3 Å². The second kappa shape index (κ2) is 6.19. The smallest absolute Gasteiger partial charge is 0.257 e. The lowest BCUT2D eigenvalue weighted by molar-refractivity contribution is -0.123. The van der Waals surface area contributed by atoms with Crippen molar-refractivity contribution in [1.29, 1.82) is 0 Å². The molecule has 1 aliphatic rings. The summed E-state index contributed by atoms with van der Waals surface area (Å²) >= 11 is 1.84. The summed E-state index contributed by atoms with van der Waals surface area (Å²) < 4.78 is 5.66. The molecule has 3 N–H and O–H groups in total. The number of nitrogens with two attached hydrogens (primary N) is 1. The minimum atomic E-state index is -0.0939. The third kappa shape index (κ3) is 3.56. The summed E-state index contributed by atoms with van der Waals surface area (Å²) in [4.78, 5) is 11.7. The van der Waals surface area contributed by atoms with Gasteiger partial charge in [-0.3, -0.25) is 4.79 Å². The van der Waals surface area contributed by atoms with Crippen LogP contribution in [0.3, 0.4) is 0 Å². The Labute approximate surface area is 118 Å². The van der Waals surface area contributed by atoms with E-state index in [4.69, 9.17) is 10.5 Å². The summed E-state index contributed by atoms with van der Waals surface area (Å²) in [6.45, 7) is 0.735. The summed E-state index contributed by atoms with van der Waals surface area (Å²) in [5.74, 6) is 0.462. The van der Waals surface area contributed by atoms with Gasteiger partial charge in [0.1, 0.15) is 5.75 Å². The molecule has 0 atom stereocenters. The van der Waals surface area contributed by atoms with Gasteiger partial charge in [0.05, 0.1) is 5.69 Å². The number of thioether (sulfide) groups is 1. The Balaban J connectivity index is 1.74. The molecule has 0 radical (unpaired) electrons. The second-order valence-electron chi connectivity index (χ2n) is 4.84. The van der Waals surface area contributed by atoms with Gasteiger partial charge in [-0.15, -0.1) is 0 Å². The molecular weight excluding hydrogens is 260 g/mol. The lowest BCUT2D eigenvalue weighted by Crippen LogP contribution is -2.46. The third-order valence-corrected chi connectivity index (χ3v) is 5.00. The van der Waals surface area contributed by atoms with Crippen LogP contribution in [-0.2, 0) is 4.79 Å². The first-order valence-corrected chi connectivity index (χ1v) is 7.67. The number of nitrogens with one attached hydrogen (secondary N) is 1. The predicted octanol–water partition coefficient (Wildman–Crippen LogP) is 2.05. The molecule has 4 nitrogen and oxygen atoms in total. The molecule has 0 aliphatic heterocycles. The van der Waals surface area contributed by atoms with Crippen LogP contribution in [0, 0.1) is 0 Å². The summed E-state index contributed by atoms with van der Waals surface area (Å²) in [5, 5.41) is 2.94. The summed E-state index contributed by atoms with van der Waals surface area (Å²) in [6.07, 6.45) is 5.72. The van der Waals surface area contributed by atoms with E-state index in [0.29, 0.717) is 11.4 Å². The van der Waals surface area contributed by atoms with Gasteiger partial charge < -0.3 is 15.8 Å². The van der Waals surface area contributed by atoms with Gasteiger partial charge in [0.2, 0.25) is 0 Å². The fraction of sp³-hybridized carbons (Fsp3) is 0.500. The van der Waals surface area contributed by atoms with Crippen molar-refractivity contribution < 1.29 is 9.53 Å². The third-order valence-electron chi connectivity index (χ3n) is 3.58. The second-order valence-corrected chi connectivity index (χ2v) is 6.12. The van der Waals surface area contributed by atoms with Crippen molar-refractivity contribution in [2.75, 3.05) is 25.1 Å². The van der Waals surface area contributed by atoms with Crippen LogP contribution in [0.1, 0.15) is 19.3 Å². The van der Waals surface area contributed by atoms with Crippen molar-refractivity contribution >= 4 is 23.4 Å². The number of carbonyl (C=O) groups is 1. The van der Waals surface area contributed by atoms with Crippen molar-refractivity contribution in [3.8, 4) is 5.75 Å². The van der Waals surface area contributed by atoms with Gasteiger partial charge >= 0.3 is 0 Å². The molecule has 1 aliphatic carbocycles. The Morgan fingerprint density at radius 2 is 2.21 bits per heavy atom. The van der Waals surface area contributed by atoms with E-state index in [9.17, 15) is 4.79 Å². The molecule has 1 fully saturated rings. The molecule has 1 aromatic rings. The number of ether oxygens (including phenoxy) is 1. The molecule has 1 amide bonds. The van der Waals surface area contributed by atoms with Crippen LogP contribution in [0.5, 0.6) is 5.75 Å². The fourth-order valence-electron chi connectivity index (χ4n) is 2.09. The number of nitrogen functional groups attached to an aromatic ring is 1. The van der Waals surface area contributed by atoms with Crippen LogP contribution in [0.15, 0.2) is 24.3 Å². The molecule has 0 bridgehead atoms. The zero-order chi connectivity index (χ0) is 13.7. The zero-order valence-electron chi connectivity index (χ0n) is 11.1. The minimum absolute atomic E-state index is 0.0126. The molecule has 0 aromatic heterocycles. The average molecular weight is 280 g/mol. The summed E-state index contributed by atoms with van der Waals surface area (Å²) in [5.41, 5.74) is 6.29. The Hall–Kier alpha value is -1.36. The number of hydrogen-bond donors (Lipinski definition) is 2. The molecule has 2 rings (SSSR count). The molecule has 0 saturated heterocycles. The fourth-order valence-corrected chi connectivity index (χ4v) is 3.00. The first-order valence-electron chi connectivity index (χ1n) is 6.44. The number of para-hydroxylation sites is 2. The highest BCUT2D eigenvalue weighted by Crippen LogP contribution is 2.42. The van der Waals surface area contributed by atoms with E-state index in [-0.39, 0.29) is 17.3 Å². The topological polar surface area (TPSA) is 64.3 Å². The van der Waals surface area contributed by atoms with Crippen LogP contribution in [-0.4, -0.2) is 30.1 Å². The van der Waals surface area contributed by atoms with Crippen LogP contribution in [0.2, 0.25) is 0 Å². The van der Waals surface area contributed by atoms with Gasteiger partial charge in [-0.25, -0.2) is 0 Å². The van der Waals surface area contributed by atoms with E-state index in [0.717, 1.165) is 6.54 Å². The standard InChI is InChI=1S/C14H20N2O2S/c1-19-14(7-4-8-14)10-16-13(17)9-18-12-6-3-2-5-11(12)15/h2-3,5-6H,4,7-10,15H2,1H3,(H,16,17). The molecule has 104 valence electrons. The lowest BCUT2D eigenvalue weighted by atomic mass is 9.84. The largest absolute Gasteiger partial charge is 0.482 e. The number of carbonyl (C=O) groups excluding carboxylic acids is 1. The van der Waals surface area contributed by atoms with Crippen LogP contribution in [0.4, 0.5) is 5.69 Å². The highest BCUT2D eigenvalue weighted by Gasteiger charge is 2.36. The van der Waals surface area contributed by atoms with Gasteiger partial charge in [-0.2, -0.15) is 11.8 Å². The number of hydrogen-bond acceptors (Lipinski definition) is 4.